The highest BCUT2D eigenvalue weighted by Crippen LogP contribution is 1.95. The predicted octanol–water partition coefficient (Wildman–Crippen LogP) is -1.01. The number of hydrogen-bond acceptors (Lipinski definition) is 3. The molecule has 0 amide bonds. The molecule has 0 fully saturated rings. The van der Waals surface area contributed by atoms with Crippen LogP contribution in [0.4, 0.5) is 0 Å². The Bertz CT molecular complexity index is 248. The molecule has 3 N–H and O–H groups in total. The smallest absolute Gasteiger partial charge is 0.303 e. The number of nitrogens with two attached hydrogens (primary N) is 1. The van der Waals surface area contributed by atoms with Crippen molar-refractivity contribution < 1.29 is 18.3 Å². The van der Waals surface area contributed by atoms with Gasteiger partial charge in [0.25, 0.3) is 10.2 Å². The van der Waals surface area contributed by atoms with Gasteiger partial charge in [-0.1, -0.05) is 0 Å². The molecule has 72 valence electrons. The molecule has 0 aliphatic heterocycles. The zero-order valence-corrected chi connectivity index (χ0v) is 7.54. The highest BCUT2D eigenvalue weighted by Gasteiger charge is 2.10. The highest BCUT2D eigenvalue weighted by molar-refractivity contribution is 7.86. The van der Waals surface area contributed by atoms with Crippen molar-refractivity contribution in [3.05, 3.63) is 0 Å². The second-order valence-corrected chi connectivity index (χ2v) is 4.02. The fourth-order valence-electron chi connectivity index (χ4n) is 0.580. The molecule has 0 saturated heterocycles. The first kappa shape index (κ1) is 11.3. The van der Waals surface area contributed by atoms with E-state index in [1.807, 2.05) is 0 Å². The first-order valence-electron chi connectivity index (χ1n) is 3.30. The van der Waals surface area contributed by atoms with Gasteiger partial charge in [-0.2, -0.15) is 12.7 Å². The summed E-state index contributed by atoms with van der Waals surface area (Å²) in [5.74, 6) is -0.946. The van der Waals surface area contributed by atoms with Gasteiger partial charge < -0.3 is 5.11 Å². The van der Waals surface area contributed by atoms with Crippen LogP contribution in [0, 0.1) is 0 Å². The molecule has 0 radical (unpaired) electrons. The normalized spacial score (nSPS) is 11.9. The summed E-state index contributed by atoms with van der Waals surface area (Å²) >= 11 is 0. The summed E-state index contributed by atoms with van der Waals surface area (Å²) < 4.78 is 22.0. The maximum atomic E-state index is 10.6. The topological polar surface area (TPSA) is 101 Å². The minimum Gasteiger partial charge on any atom is -0.481 e. The van der Waals surface area contributed by atoms with Crippen LogP contribution in [0.15, 0.2) is 0 Å². The Morgan fingerprint density at radius 3 is 2.42 bits per heavy atom. The maximum absolute atomic E-state index is 10.6. The lowest BCUT2D eigenvalue weighted by molar-refractivity contribution is -0.137. The predicted molar refractivity (Wildman–Crippen MR) is 42.6 cm³/mol. The molecule has 0 unspecified atom stereocenters. The molecule has 7 heteroatoms. The minimum absolute atomic E-state index is 0.0557. The fourth-order valence-corrected chi connectivity index (χ4v) is 0.964. The van der Waals surface area contributed by atoms with Gasteiger partial charge in [0.2, 0.25) is 0 Å². The number of rotatable bonds is 5. The Morgan fingerprint density at radius 2 is 2.08 bits per heavy atom. The van der Waals surface area contributed by atoms with E-state index in [9.17, 15) is 13.2 Å². The summed E-state index contributed by atoms with van der Waals surface area (Å²) in [6.45, 7) is 0.130. The van der Waals surface area contributed by atoms with Crippen molar-refractivity contribution in [3.63, 3.8) is 0 Å². The zero-order valence-electron chi connectivity index (χ0n) is 6.73. The first-order valence-corrected chi connectivity index (χ1v) is 4.80. The summed E-state index contributed by atoms with van der Waals surface area (Å²) in [5.41, 5.74) is 0. The van der Waals surface area contributed by atoms with E-state index in [2.05, 4.69) is 0 Å². The molecule has 12 heavy (non-hydrogen) atoms. The van der Waals surface area contributed by atoms with Crippen molar-refractivity contribution in [2.45, 2.75) is 12.8 Å². The van der Waals surface area contributed by atoms with E-state index >= 15 is 0 Å². The van der Waals surface area contributed by atoms with Crippen molar-refractivity contribution in [3.8, 4) is 0 Å². The van der Waals surface area contributed by atoms with Gasteiger partial charge in [-0.15, -0.1) is 0 Å². The lowest BCUT2D eigenvalue weighted by atomic mass is 10.3. The fraction of sp³-hybridized carbons (Fsp3) is 0.800. The first-order chi connectivity index (χ1) is 5.34. The Hall–Kier alpha value is -0.660. The van der Waals surface area contributed by atoms with Crippen LogP contribution in [0.25, 0.3) is 0 Å². The summed E-state index contributed by atoms with van der Waals surface area (Å²) in [7, 11) is -2.36. The number of carboxylic acid groups (broad SMARTS) is 1. The molecule has 0 aliphatic carbocycles. The van der Waals surface area contributed by atoms with Gasteiger partial charge in [-0.25, -0.2) is 5.14 Å². The van der Waals surface area contributed by atoms with Crippen molar-refractivity contribution in [2.24, 2.45) is 5.14 Å². The van der Waals surface area contributed by atoms with Crippen LogP contribution in [0.1, 0.15) is 12.8 Å². The number of carboxylic acids is 1. The van der Waals surface area contributed by atoms with Gasteiger partial charge in [0.15, 0.2) is 0 Å². The third-order valence-corrected chi connectivity index (χ3v) is 2.35. The molecule has 0 saturated carbocycles. The maximum Gasteiger partial charge on any atom is 0.303 e. The van der Waals surface area contributed by atoms with Crippen molar-refractivity contribution >= 4 is 16.2 Å². The third-order valence-electron chi connectivity index (χ3n) is 1.30. The van der Waals surface area contributed by atoms with Crippen LogP contribution in [0.2, 0.25) is 0 Å². The third kappa shape index (κ3) is 5.05. The molecule has 0 aliphatic rings. The Balaban J connectivity index is 3.73. The lowest BCUT2D eigenvalue weighted by Crippen LogP contribution is -2.34. The SMILES string of the molecule is CN(CCCC(=O)O)S(N)(=O)=O. The van der Waals surface area contributed by atoms with Crippen molar-refractivity contribution in [1.29, 1.82) is 0 Å². The van der Waals surface area contributed by atoms with E-state index in [0.717, 1.165) is 4.31 Å². The molecule has 0 bridgehead atoms. The van der Waals surface area contributed by atoms with Gasteiger partial charge in [0, 0.05) is 20.0 Å². The van der Waals surface area contributed by atoms with Gasteiger partial charge >= 0.3 is 5.97 Å². The molecule has 0 atom stereocenters. The van der Waals surface area contributed by atoms with E-state index < -0.39 is 16.2 Å². The number of nitrogens with zero attached hydrogens (tertiary/aromatic N) is 1. The summed E-state index contributed by atoms with van der Waals surface area (Å²) in [5, 5.41) is 13.0. The van der Waals surface area contributed by atoms with Crippen LogP contribution in [0.3, 0.4) is 0 Å². The lowest BCUT2D eigenvalue weighted by Gasteiger charge is -2.11. The zero-order chi connectivity index (χ0) is 9.78. The Labute approximate surface area is 71.2 Å². The van der Waals surface area contributed by atoms with Crippen LogP contribution >= 0.6 is 0 Å². The molecule has 0 rings (SSSR count). The molecule has 0 aromatic carbocycles. The average Bonchev–Trinajstić information content (AvgIpc) is 1.84. The van der Waals surface area contributed by atoms with E-state index in [0.29, 0.717) is 0 Å². The summed E-state index contributed by atoms with van der Waals surface area (Å²) in [4.78, 5) is 10.0. The van der Waals surface area contributed by atoms with Crippen LogP contribution < -0.4 is 5.14 Å². The van der Waals surface area contributed by atoms with E-state index in [4.69, 9.17) is 10.2 Å². The largest absolute Gasteiger partial charge is 0.481 e. The monoisotopic (exact) mass is 196 g/mol. The second kappa shape index (κ2) is 4.39. The van der Waals surface area contributed by atoms with Crippen molar-refractivity contribution in [1.82, 2.24) is 4.31 Å². The molecule has 0 aromatic heterocycles. The van der Waals surface area contributed by atoms with Gasteiger partial charge in [0.05, 0.1) is 0 Å². The Morgan fingerprint density at radius 1 is 1.58 bits per heavy atom. The van der Waals surface area contributed by atoms with Crippen LogP contribution in [0.5, 0.6) is 0 Å². The Kier molecular flexibility index (Phi) is 4.15. The molecular formula is C5H12N2O4S. The second-order valence-electron chi connectivity index (χ2n) is 2.36. The van der Waals surface area contributed by atoms with Gasteiger partial charge in [-0.3, -0.25) is 4.79 Å². The molecular weight excluding hydrogens is 184 g/mol. The quantitative estimate of drug-likeness (QED) is 0.588. The molecule has 0 heterocycles. The molecule has 6 nitrogen and oxygen atoms in total. The van der Waals surface area contributed by atoms with Crippen LogP contribution in [-0.2, 0) is 15.0 Å². The number of aliphatic carboxylic acids is 1. The van der Waals surface area contributed by atoms with Crippen molar-refractivity contribution in [2.75, 3.05) is 13.6 Å². The van der Waals surface area contributed by atoms with Gasteiger partial charge in [0.1, 0.15) is 0 Å². The van der Waals surface area contributed by atoms with E-state index in [1.54, 1.807) is 0 Å². The van der Waals surface area contributed by atoms with E-state index in [1.165, 1.54) is 7.05 Å². The van der Waals surface area contributed by atoms with Crippen LogP contribution in [-0.4, -0.2) is 37.4 Å². The highest BCUT2D eigenvalue weighted by atomic mass is 32.2. The number of hydrogen-bond donors (Lipinski definition) is 2. The number of carbonyl (C=O) groups is 1. The average molecular weight is 196 g/mol. The molecule has 0 aromatic rings. The molecule has 0 spiro atoms. The summed E-state index contributed by atoms with van der Waals surface area (Å²) in [6, 6.07) is 0. The van der Waals surface area contributed by atoms with Gasteiger partial charge in [-0.05, 0) is 6.42 Å². The standard InChI is InChI=1S/C5H12N2O4S/c1-7(12(6,10)11)4-2-3-5(8)9/h2-4H2,1H3,(H,8,9)(H2,6,10,11). The van der Waals surface area contributed by atoms with E-state index in [-0.39, 0.29) is 19.4 Å². The minimum atomic E-state index is -3.66. The summed E-state index contributed by atoms with van der Waals surface area (Å²) in [6.07, 6.45) is 0.210.